The Balaban J connectivity index is 1.81. The Bertz CT molecular complexity index is 1750. The number of ether oxygens (including phenoxy) is 8. The fourth-order valence-electron chi connectivity index (χ4n) is 7.03. The first-order chi connectivity index (χ1) is 28.0. The summed E-state index contributed by atoms with van der Waals surface area (Å²) in [5, 5.41) is 23.0. The molecule has 0 unspecified atom stereocenters. The standard InChI is InChI=1S/C45H62O14/c1-9-10-11-12-13-17-38(47)58-42-31(24-40(49)52-8)22-32-25-33(26-46)57-39(48)20-21-53-35-19-18-30(23-34(35)43(50)54-27-44(6,7)45(42,51)59-32)41-36(55-28(2)3)15-14-16-37(41)56-29(4)5/h14-16,18-19,23-24,28-29,32-33,42,46,51H,9-13,17,20-22,25-27H2,1-8H3/b31-24+/t32-,33+,42-,45+/m0/s1. The molecular formula is C45H62O14. The molecule has 0 spiro atoms. The van der Waals surface area contributed by atoms with E-state index in [1.165, 1.54) is 7.11 Å². The molecule has 4 atom stereocenters. The second-order valence-corrected chi connectivity index (χ2v) is 16.2. The molecule has 2 aromatic carbocycles. The van der Waals surface area contributed by atoms with E-state index in [1.54, 1.807) is 44.2 Å². The number of methoxy groups -OCH3 is 1. The Hall–Kier alpha value is -4.66. The Morgan fingerprint density at radius 1 is 0.966 bits per heavy atom. The molecule has 2 aromatic rings. The molecule has 1 saturated heterocycles. The van der Waals surface area contributed by atoms with E-state index in [4.69, 9.17) is 37.9 Å². The van der Waals surface area contributed by atoms with Crippen LogP contribution >= 0.6 is 0 Å². The van der Waals surface area contributed by atoms with Gasteiger partial charge < -0.3 is 48.1 Å². The van der Waals surface area contributed by atoms with Crippen LogP contribution in [-0.2, 0) is 38.1 Å². The second-order valence-electron chi connectivity index (χ2n) is 16.2. The molecule has 4 rings (SSSR count). The highest BCUT2D eigenvalue weighted by atomic mass is 16.7. The van der Waals surface area contributed by atoms with E-state index < -0.39 is 66.6 Å². The second kappa shape index (κ2) is 21.6. The number of carbonyl (C=O) groups is 4. The van der Waals surface area contributed by atoms with Crippen molar-refractivity contribution in [3.05, 3.63) is 53.6 Å². The number of hydrogen-bond donors (Lipinski definition) is 2. The fourth-order valence-corrected chi connectivity index (χ4v) is 7.03. The molecule has 2 aliphatic rings. The van der Waals surface area contributed by atoms with Crippen molar-refractivity contribution < 1.29 is 67.3 Å². The maximum atomic E-state index is 14.3. The maximum Gasteiger partial charge on any atom is 0.341 e. The highest BCUT2D eigenvalue weighted by Gasteiger charge is 2.59. The third-order valence-corrected chi connectivity index (χ3v) is 10.1. The Morgan fingerprint density at radius 3 is 2.27 bits per heavy atom. The van der Waals surface area contributed by atoms with Crippen molar-refractivity contribution in [2.45, 2.75) is 143 Å². The molecule has 14 heteroatoms. The lowest BCUT2D eigenvalue weighted by atomic mass is 9.75. The average Bonchev–Trinajstić information content (AvgIpc) is 3.17. The van der Waals surface area contributed by atoms with Crippen LogP contribution in [0.1, 0.15) is 117 Å². The maximum absolute atomic E-state index is 14.3. The van der Waals surface area contributed by atoms with Gasteiger partial charge in [0, 0.05) is 18.9 Å². The van der Waals surface area contributed by atoms with E-state index in [0.717, 1.165) is 31.8 Å². The molecule has 0 aliphatic carbocycles. The van der Waals surface area contributed by atoms with Gasteiger partial charge in [-0.3, -0.25) is 9.59 Å². The Morgan fingerprint density at radius 2 is 1.64 bits per heavy atom. The zero-order chi connectivity index (χ0) is 43.3. The summed E-state index contributed by atoms with van der Waals surface area (Å²) in [6, 6.07) is 10.3. The third kappa shape index (κ3) is 12.7. The molecule has 326 valence electrons. The van der Waals surface area contributed by atoms with Crippen molar-refractivity contribution in [2.24, 2.45) is 5.41 Å². The van der Waals surface area contributed by atoms with E-state index in [0.29, 0.717) is 29.0 Å². The predicted octanol–water partition coefficient (Wildman–Crippen LogP) is 7.04. The first kappa shape index (κ1) is 47.0. The summed E-state index contributed by atoms with van der Waals surface area (Å²) < 4.78 is 47.2. The normalized spacial score (nSPS) is 23.1. The van der Waals surface area contributed by atoms with Gasteiger partial charge in [-0.2, -0.15) is 0 Å². The van der Waals surface area contributed by atoms with Gasteiger partial charge in [-0.15, -0.1) is 0 Å². The van der Waals surface area contributed by atoms with Crippen molar-refractivity contribution in [1.29, 1.82) is 0 Å². The summed E-state index contributed by atoms with van der Waals surface area (Å²) in [7, 11) is 1.19. The summed E-state index contributed by atoms with van der Waals surface area (Å²) >= 11 is 0. The molecule has 1 fully saturated rings. The third-order valence-electron chi connectivity index (χ3n) is 10.1. The Kier molecular flexibility index (Phi) is 17.2. The topological polar surface area (TPSA) is 183 Å². The lowest BCUT2D eigenvalue weighted by Crippen LogP contribution is -2.63. The van der Waals surface area contributed by atoms with Gasteiger partial charge in [0.1, 0.15) is 35.5 Å². The monoisotopic (exact) mass is 826 g/mol. The highest BCUT2D eigenvalue weighted by Crippen LogP contribution is 2.47. The number of carbonyl (C=O) groups excluding carboxylic acids is 4. The number of benzene rings is 2. The van der Waals surface area contributed by atoms with Gasteiger partial charge in [-0.05, 0) is 75.9 Å². The molecule has 0 saturated carbocycles. The number of aliphatic hydroxyl groups excluding tert-OH is 1. The molecule has 0 amide bonds. The number of unbranched alkanes of at least 4 members (excludes halogenated alkanes) is 4. The van der Waals surface area contributed by atoms with Crippen molar-refractivity contribution in [1.82, 2.24) is 0 Å². The number of aliphatic hydroxyl groups is 2. The van der Waals surface area contributed by atoms with E-state index in [9.17, 15) is 29.4 Å². The van der Waals surface area contributed by atoms with Crippen LogP contribution in [0.5, 0.6) is 17.2 Å². The zero-order valence-corrected chi connectivity index (χ0v) is 35.7. The van der Waals surface area contributed by atoms with Gasteiger partial charge in [0.05, 0.1) is 56.0 Å². The first-order valence-electron chi connectivity index (χ1n) is 20.6. The van der Waals surface area contributed by atoms with Gasteiger partial charge in [0.25, 0.3) is 0 Å². The smallest absolute Gasteiger partial charge is 0.341 e. The number of cyclic esters (lactones) is 2. The molecule has 0 aromatic heterocycles. The quantitative estimate of drug-likeness (QED) is 0.0856. The molecule has 2 N–H and O–H groups in total. The van der Waals surface area contributed by atoms with Crippen LogP contribution in [-0.4, -0.2) is 97.3 Å². The number of rotatable bonds is 14. The molecular weight excluding hydrogens is 764 g/mol. The lowest BCUT2D eigenvalue weighted by Gasteiger charge is -2.51. The summed E-state index contributed by atoms with van der Waals surface area (Å²) in [6.07, 6.45) is 1.21. The van der Waals surface area contributed by atoms with Crippen LogP contribution in [0, 0.1) is 5.41 Å². The van der Waals surface area contributed by atoms with Crippen molar-refractivity contribution in [3.8, 4) is 28.4 Å². The van der Waals surface area contributed by atoms with Crippen molar-refractivity contribution in [2.75, 3.05) is 26.9 Å². The minimum atomic E-state index is -2.42. The van der Waals surface area contributed by atoms with Crippen molar-refractivity contribution in [3.63, 3.8) is 0 Å². The van der Waals surface area contributed by atoms with Crippen molar-refractivity contribution >= 4 is 23.9 Å². The summed E-state index contributed by atoms with van der Waals surface area (Å²) in [4.78, 5) is 53.4. The lowest BCUT2D eigenvalue weighted by molar-refractivity contribution is -0.340. The first-order valence-corrected chi connectivity index (χ1v) is 20.6. The SMILES string of the molecule is CCCCCCCC(=O)O[C@H]1/C(=C/C(=O)OC)C[C@H]2C[C@H](CO)OC(=O)CCOc3ccc(-c4c(OC(C)C)cccc4OC(C)C)cc3C(=O)OCC(C)(C)[C@]1(O)O2. The summed E-state index contributed by atoms with van der Waals surface area (Å²) in [6.45, 7) is 11.6. The van der Waals surface area contributed by atoms with E-state index in [2.05, 4.69) is 6.92 Å². The molecule has 2 heterocycles. The van der Waals surface area contributed by atoms with Crippen LogP contribution in [0.3, 0.4) is 0 Å². The summed E-state index contributed by atoms with van der Waals surface area (Å²) in [5.41, 5.74) is -0.240. The van der Waals surface area contributed by atoms with E-state index in [-0.39, 0.29) is 61.4 Å². The van der Waals surface area contributed by atoms with Gasteiger partial charge in [-0.25, -0.2) is 9.59 Å². The van der Waals surface area contributed by atoms with E-state index >= 15 is 0 Å². The molecule has 2 aliphatic heterocycles. The Labute approximate surface area is 347 Å². The average molecular weight is 827 g/mol. The molecule has 14 nitrogen and oxygen atoms in total. The van der Waals surface area contributed by atoms with Crippen LogP contribution in [0.15, 0.2) is 48.0 Å². The van der Waals surface area contributed by atoms with Crippen LogP contribution in [0.4, 0.5) is 0 Å². The van der Waals surface area contributed by atoms with E-state index in [1.807, 2.05) is 33.8 Å². The largest absolute Gasteiger partial charge is 0.492 e. The molecule has 59 heavy (non-hydrogen) atoms. The molecule has 2 bridgehead atoms. The number of hydrogen-bond acceptors (Lipinski definition) is 14. The highest BCUT2D eigenvalue weighted by molar-refractivity contribution is 5.95. The predicted molar refractivity (Wildman–Crippen MR) is 217 cm³/mol. The zero-order valence-electron chi connectivity index (χ0n) is 35.7. The number of fused-ring (bicyclic) bond motifs is 3. The van der Waals surface area contributed by atoms with Gasteiger partial charge in [-0.1, -0.05) is 58.6 Å². The summed E-state index contributed by atoms with van der Waals surface area (Å²) in [5.74, 6) is -4.21. The number of esters is 4. The minimum absolute atomic E-state index is 0.00593. The van der Waals surface area contributed by atoms with Gasteiger partial charge in [0.2, 0.25) is 5.79 Å². The minimum Gasteiger partial charge on any atom is -0.492 e. The van der Waals surface area contributed by atoms with Crippen LogP contribution in [0.25, 0.3) is 11.1 Å². The van der Waals surface area contributed by atoms with Gasteiger partial charge >= 0.3 is 23.9 Å². The van der Waals surface area contributed by atoms with Crippen LogP contribution in [0.2, 0.25) is 0 Å². The fraction of sp³-hybridized carbons (Fsp3) is 0.600. The van der Waals surface area contributed by atoms with Crippen LogP contribution < -0.4 is 14.2 Å². The van der Waals surface area contributed by atoms with Gasteiger partial charge in [0.15, 0.2) is 6.10 Å². The molecule has 0 radical (unpaired) electrons.